The van der Waals surface area contributed by atoms with Gasteiger partial charge in [0.25, 0.3) is 0 Å². The second-order valence-electron chi connectivity index (χ2n) is 5.39. The summed E-state index contributed by atoms with van der Waals surface area (Å²) in [5.41, 5.74) is 7.11. The molecule has 2 bridgehead atoms. The summed E-state index contributed by atoms with van der Waals surface area (Å²) < 4.78 is 0. The van der Waals surface area contributed by atoms with E-state index in [1.54, 1.807) is 0 Å². The first-order valence-corrected chi connectivity index (χ1v) is 6.73. The van der Waals surface area contributed by atoms with Crippen molar-refractivity contribution in [3.8, 4) is 0 Å². The van der Waals surface area contributed by atoms with Gasteiger partial charge in [0.1, 0.15) is 0 Å². The van der Waals surface area contributed by atoms with E-state index >= 15 is 0 Å². The van der Waals surface area contributed by atoms with Gasteiger partial charge >= 0.3 is 0 Å². The second-order valence-corrected chi connectivity index (χ2v) is 5.39. The summed E-state index contributed by atoms with van der Waals surface area (Å²) in [6.07, 6.45) is 3.87. The molecular weight excluding hydrogens is 200 g/mol. The topological polar surface area (TPSA) is 30.5 Å². The van der Waals surface area contributed by atoms with Crippen molar-refractivity contribution in [2.24, 2.45) is 0 Å². The van der Waals surface area contributed by atoms with Gasteiger partial charge in [0.2, 0.25) is 0 Å². The van der Waals surface area contributed by atoms with Gasteiger partial charge in [-0.05, 0) is 26.7 Å². The molecule has 2 N–H and O–H groups in total. The zero-order chi connectivity index (χ0) is 11.5. The van der Waals surface area contributed by atoms with Crippen LogP contribution in [0.15, 0.2) is 0 Å². The summed E-state index contributed by atoms with van der Waals surface area (Å²) in [6, 6.07) is 1.98. The first-order valence-electron chi connectivity index (χ1n) is 6.73. The van der Waals surface area contributed by atoms with Crippen molar-refractivity contribution in [3.63, 3.8) is 0 Å². The monoisotopic (exact) mass is 226 g/mol. The molecule has 2 atom stereocenters. The molecule has 2 unspecified atom stereocenters. The Balaban J connectivity index is 1.73. The maximum absolute atomic E-state index is 3.57. The zero-order valence-electron chi connectivity index (χ0n) is 10.9. The number of rotatable bonds is 6. The van der Waals surface area contributed by atoms with Crippen molar-refractivity contribution in [3.05, 3.63) is 0 Å². The molecule has 0 aromatic carbocycles. The van der Waals surface area contributed by atoms with Crippen LogP contribution in [0.5, 0.6) is 0 Å². The summed E-state index contributed by atoms with van der Waals surface area (Å²) in [5.74, 6) is 0. The SMILES string of the molecule is CCCCNN1CC2CC1CN2NC(C)C. The predicted octanol–water partition coefficient (Wildman–Crippen LogP) is 0.963. The fourth-order valence-electron chi connectivity index (χ4n) is 2.75. The van der Waals surface area contributed by atoms with E-state index in [0.29, 0.717) is 18.1 Å². The van der Waals surface area contributed by atoms with Crippen LogP contribution in [0.2, 0.25) is 0 Å². The number of piperazine rings is 1. The predicted molar refractivity (Wildman–Crippen MR) is 66.8 cm³/mol. The Labute approximate surface area is 99.3 Å². The summed E-state index contributed by atoms with van der Waals surface area (Å²) in [4.78, 5) is 0. The molecule has 94 valence electrons. The molecule has 2 fully saturated rings. The summed E-state index contributed by atoms with van der Waals surface area (Å²) in [5, 5.41) is 4.90. The van der Waals surface area contributed by atoms with E-state index < -0.39 is 0 Å². The average molecular weight is 226 g/mol. The quantitative estimate of drug-likeness (QED) is 0.661. The van der Waals surface area contributed by atoms with Gasteiger partial charge in [-0.15, -0.1) is 0 Å². The Hall–Kier alpha value is -0.160. The molecule has 2 rings (SSSR count). The van der Waals surface area contributed by atoms with Crippen LogP contribution in [0, 0.1) is 0 Å². The van der Waals surface area contributed by atoms with Gasteiger partial charge in [0.15, 0.2) is 0 Å². The molecule has 4 nitrogen and oxygen atoms in total. The molecule has 2 heterocycles. The van der Waals surface area contributed by atoms with E-state index in [1.165, 1.54) is 32.4 Å². The minimum absolute atomic E-state index is 0.556. The van der Waals surface area contributed by atoms with Gasteiger partial charge in [-0.3, -0.25) is 10.9 Å². The third-order valence-corrected chi connectivity index (χ3v) is 3.51. The van der Waals surface area contributed by atoms with E-state index in [2.05, 4.69) is 41.6 Å². The lowest BCUT2D eigenvalue weighted by molar-refractivity contribution is 0.0474. The van der Waals surface area contributed by atoms with Crippen molar-refractivity contribution in [2.45, 2.75) is 58.2 Å². The van der Waals surface area contributed by atoms with Crippen LogP contribution in [-0.2, 0) is 0 Å². The van der Waals surface area contributed by atoms with Crippen molar-refractivity contribution >= 4 is 0 Å². The van der Waals surface area contributed by atoms with Gasteiger partial charge < -0.3 is 0 Å². The third kappa shape index (κ3) is 2.74. The normalized spacial score (nSPS) is 30.8. The smallest absolute Gasteiger partial charge is 0.0401 e. The highest BCUT2D eigenvalue weighted by Gasteiger charge is 2.43. The average Bonchev–Trinajstić information content (AvgIpc) is 2.76. The Morgan fingerprint density at radius 2 is 1.88 bits per heavy atom. The number of unbranched alkanes of at least 4 members (excludes halogenated alkanes) is 1. The third-order valence-electron chi connectivity index (χ3n) is 3.51. The molecule has 16 heavy (non-hydrogen) atoms. The van der Waals surface area contributed by atoms with Crippen LogP contribution in [0.1, 0.15) is 40.0 Å². The standard InChI is InChI=1S/C12H26N4/c1-4-5-6-13-15-8-12-7-11(15)9-16(12)14-10(2)3/h10-14H,4-9H2,1-3H3. The van der Waals surface area contributed by atoms with Crippen molar-refractivity contribution in [2.75, 3.05) is 19.6 Å². The van der Waals surface area contributed by atoms with Gasteiger partial charge in [-0.1, -0.05) is 13.3 Å². The fourth-order valence-corrected chi connectivity index (χ4v) is 2.75. The highest BCUT2D eigenvalue weighted by molar-refractivity contribution is 4.97. The van der Waals surface area contributed by atoms with Crippen molar-refractivity contribution in [1.29, 1.82) is 0 Å². The van der Waals surface area contributed by atoms with E-state index in [4.69, 9.17) is 0 Å². The maximum atomic E-state index is 3.57. The number of fused-ring (bicyclic) bond motifs is 2. The lowest BCUT2D eigenvalue weighted by Gasteiger charge is -2.35. The Bertz CT molecular complexity index is 219. The lowest BCUT2D eigenvalue weighted by Crippen LogP contribution is -2.56. The molecule has 2 saturated heterocycles. The molecule has 0 aliphatic carbocycles. The van der Waals surface area contributed by atoms with Gasteiger partial charge in [-0.25, -0.2) is 10.0 Å². The second kappa shape index (κ2) is 5.45. The number of hydrogen-bond acceptors (Lipinski definition) is 4. The van der Waals surface area contributed by atoms with Crippen molar-refractivity contribution in [1.82, 2.24) is 20.9 Å². The van der Waals surface area contributed by atoms with Crippen LogP contribution in [0.3, 0.4) is 0 Å². The van der Waals surface area contributed by atoms with E-state index in [-0.39, 0.29) is 0 Å². The fraction of sp³-hybridized carbons (Fsp3) is 1.00. The maximum Gasteiger partial charge on any atom is 0.0401 e. The molecule has 4 heteroatoms. The van der Waals surface area contributed by atoms with Crippen molar-refractivity contribution < 1.29 is 0 Å². The van der Waals surface area contributed by atoms with Gasteiger partial charge in [-0.2, -0.15) is 0 Å². The number of hydrogen-bond donors (Lipinski definition) is 2. The van der Waals surface area contributed by atoms with E-state index in [1.807, 2.05) is 0 Å². The Morgan fingerprint density at radius 1 is 1.19 bits per heavy atom. The van der Waals surface area contributed by atoms with Crippen LogP contribution in [0.4, 0.5) is 0 Å². The van der Waals surface area contributed by atoms with Crippen LogP contribution in [-0.4, -0.2) is 47.8 Å². The molecular formula is C12H26N4. The Kier molecular flexibility index (Phi) is 4.19. The number of nitrogens with zero attached hydrogens (tertiary/aromatic N) is 2. The molecule has 0 spiro atoms. The summed E-state index contributed by atoms with van der Waals surface area (Å²) in [7, 11) is 0. The minimum Gasteiger partial charge on any atom is -0.255 e. The summed E-state index contributed by atoms with van der Waals surface area (Å²) in [6.45, 7) is 10.1. The largest absolute Gasteiger partial charge is 0.255 e. The summed E-state index contributed by atoms with van der Waals surface area (Å²) >= 11 is 0. The lowest BCUT2D eigenvalue weighted by atomic mass is 10.2. The zero-order valence-corrected chi connectivity index (χ0v) is 10.9. The minimum atomic E-state index is 0.556. The highest BCUT2D eigenvalue weighted by atomic mass is 15.6. The molecule has 2 aliphatic rings. The molecule has 0 saturated carbocycles. The first kappa shape index (κ1) is 12.3. The molecule has 0 amide bonds. The Morgan fingerprint density at radius 3 is 2.44 bits per heavy atom. The molecule has 2 aliphatic heterocycles. The van der Waals surface area contributed by atoms with Crippen LogP contribution in [0.25, 0.3) is 0 Å². The molecule has 0 aromatic rings. The van der Waals surface area contributed by atoms with E-state index in [0.717, 1.165) is 6.54 Å². The number of hydrazine groups is 2. The van der Waals surface area contributed by atoms with E-state index in [9.17, 15) is 0 Å². The van der Waals surface area contributed by atoms with Crippen LogP contribution < -0.4 is 10.9 Å². The molecule has 0 radical (unpaired) electrons. The van der Waals surface area contributed by atoms with Gasteiger partial charge in [0, 0.05) is 37.8 Å². The van der Waals surface area contributed by atoms with Gasteiger partial charge in [0.05, 0.1) is 0 Å². The van der Waals surface area contributed by atoms with Crippen LogP contribution >= 0.6 is 0 Å². The number of nitrogens with one attached hydrogen (secondary N) is 2. The first-order chi connectivity index (χ1) is 7.70. The highest BCUT2D eigenvalue weighted by Crippen LogP contribution is 2.27. The molecule has 0 aromatic heterocycles.